The minimum Gasteiger partial charge on any atom is -0.484 e. The molecule has 2 rings (SSSR count). The van der Waals surface area contributed by atoms with E-state index in [1.165, 1.54) is 0 Å². The van der Waals surface area contributed by atoms with Gasteiger partial charge in [0.2, 0.25) is 0 Å². The van der Waals surface area contributed by atoms with Gasteiger partial charge in [-0.05, 0) is 74.7 Å². The molecule has 0 aliphatic heterocycles. The average Bonchev–Trinajstić information content (AvgIpc) is 2.63. The predicted octanol–water partition coefficient (Wildman–Crippen LogP) is 3.37. The van der Waals surface area contributed by atoms with Gasteiger partial charge in [0.05, 0.1) is 0 Å². The fraction of sp³-hybridized carbons (Fsp3) is 0.300. The van der Waals surface area contributed by atoms with E-state index in [0.717, 1.165) is 21.2 Å². The molecule has 0 heterocycles. The van der Waals surface area contributed by atoms with Gasteiger partial charge in [-0.1, -0.05) is 22.0 Å². The molecule has 0 aromatic heterocycles. The van der Waals surface area contributed by atoms with Crippen LogP contribution in [0.5, 0.6) is 11.5 Å². The largest absolute Gasteiger partial charge is 0.484 e. The third kappa shape index (κ3) is 6.29. The topological polar surface area (TPSA) is 76.7 Å². The molecule has 1 unspecified atom stereocenters. The number of hydrogen-bond acceptors (Lipinski definition) is 4. The fourth-order valence-corrected chi connectivity index (χ4v) is 2.42. The summed E-state index contributed by atoms with van der Waals surface area (Å²) in [5, 5.41) is 0. The Kier molecular flexibility index (Phi) is 7.24. The summed E-state index contributed by atoms with van der Waals surface area (Å²) in [6, 6.07) is 11.0. The van der Waals surface area contributed by atoms with Crippen molar-refractivity contribution >= 4 is 27.7 Å². The molecule has 0 spiro atoms. The van der Waals surface area contributed by atoms with Crippen LogP contribution in [0.1, 0.15) is 23.6 Å². The molecular weight excluding hydrogens is 412 g/mol. The molecule has 2 N–H and O–H groups in total. The van der Waals surface area contributed by atoms with Crippen molar-refractivity contribution in [2.24, 2.45) is 0 Å². The Balaban J connectivity index is 1.77. The molecule has 6 nitrogen and oxygen atoms in total. The van der Waals surface area contributed by atoms with Gasteiger partial charge in [0.15, 0.2) is 12.7 Å². The maximum absolute atomic E-state index is 12.1. The lowest BCUT2D eigenvalue weighted by molar-refractivity contribution is -0.133. The molecule has 0 aliphatic rings. The van der Waals surface area contributed by atoms with Crippen molar-refractivity contribution in [2.45, 2.75) is 33.8 Å². The van der Waals surface area contributed by atoms with E-state index in [-0.39, 0.29) is 6.61 Å². The maximum atomic E-state index is 12.1. The second-order valence-electron chi connectivity index (χ2n) is 6.24. The Hall–Kier alpha value is -2.54. The number of aryl methyl sites for hydroxylation is 3. The normalized spacial score (nSPS) is 11.4. The van der Waals surface area contributed by atoms with Gasteiger partial charge in [0.25, 0.3) is 11.8 Å². The number of hydrogen-bond donors (Lipinski definition) is 2. The molecule has 2 aromatic carbocycles. The minimum absolute atomic E-state index is 0.215. The van der Waals surface area contributed by atoms with E-state index in [1.54, 1.807) is 19.1 Å². The zero-order valence-electron chi connectivity index (χ0n) is 15.8. The second kappa shape index (κ2) is 9.41. The Bertz CT molecular complexity index is 839. The number of ether oxygens (including phenoxy) is 2. The zero-order chi connectivity index (χ0) is 20.0. The fourth-order valence-electron chi connectivity index (χ4n) is 2.17. The van der Waals surface area contributed by atoms with Gasteiger partial charge in [-0.25, -0.2) is 0 Å². The van der Waals surface area contributed by atoms with Crippen LogP contribution in [0.2, 0.25) is 0 Å². The number of nitrogens with one attached hydrogen (secondary N) is 2. The average molecular weight is 435 g/mol. The highest BCUT2D eigenvalue weighted by Crippen LogP contribution is 2.21. The van der Waals surface area contributed by atoms with Gasteiger partial charge < -0.3 is 9.47 Å². The molecule has 0 saturated carbocycles. The third-order valence-corrected chi connectivity index (χ3v) is 4.87. The first-order chi connectivity index (χ1) is 12.8. The molecule has 144 valence electrons. The standard InChI is InChI=1S/C20H23BrN2O4/c1-12-5-6-17(9-13(12)2)27-15(4)20(25)23-22-19(24)11-26-16-7-8-18(21)14(3)10-16/h5-10,15H,11H2,1-4H3,(H,22,24)(H,23,25). The molecule has 2 amide bonds. The number of rotatable bonds is 6. The summed E-state index contributed by atoms with van der Waals surface area (Å²) in [7, 11) is 0. The molecule has 7 heteroatoms. The summed E-state index contributed by atoms with van der Waals surface area (Å²) in [5.74, 6) is 0.244. The monoisotopic (exact) mass is 434 g/mol. The van der Waals surface area contributed by atoms with Crippen LogP contribution in [-0.2, 0) is 9.59 Å². The van der Waals surface area contributed by atoms with Crippen LogP contribution in [-0.4, -0.2) is 24.5 Å². The number of carbonyl (C=O) groups excluding carboxylic acids is 2. The van der Waals surface area contributed by atoms with E-state index in [9.17, 15) is 9.59 Å². The van der Waals surface area contributed by atoms with Crippen molar-refractivity contribution in [3.63, 3.8) is 0 Å². The summed E-state index contributed by atoms with van der Waals surface area (Å²) in [5.41, 5.74) is 7.87. The summed E-state index contributed by atoms with van der Waals surface area (Å²) < 4.78 is 12.0. The zero-order valence-corrected chi connectivity index (χ0v) is 17.3. The molecule has 0 radical (unpaired) electrons. The number of hydrazine groups is 1. The number of halogens is 1. The van der Waals surface area contributed by atoms with Gasteiger partial charge in [-0.3, -0.25) is 20.4 Å². The smallest absolute Gasteiger partial charge is 0.279 e. The minimum atomic E-state index is -0.762. The Morgan fingerprint density at radius 1 is 0.963 bits per heavy atom. The Labute approximate surface area is 167 Å². The molecular formula is C20H23BrN2O4. The van der Waals surface area contributed by atoms with E-state index < -0.39 is 17.9 Å². The lowest BCUT2D eigenvalue weighted by Crippen LogP contribution is -2.48. The van der Waals surface area contributed by atoms with Gasteiger partial charge >= 0.3 is 0 Å². The van der Waals surface area contributed by atoms with Crippen molar-refractivity contribution in [1.29, 1.82) is 0 Å². The molecule has 27 heavy (non-hydrogen) atoms. The van der Waals surface area contributed by atoms with Gasteiger partial charge in [-0.15, -0.1) is 0 Å². The predicted molar refractivity (Wildman–Crippen MR) is 107 cm³/mol. The van der Waals surface area contributed by atoms with Crippen molar-refractivity contribution in [3.05, 3.63) is 57.6 Å². The van der Waals surface area contributed by atoms with Crippen LogP contribution < -0.4 is 20.3 Å². The summed E-state index contributed by atoms with van der Waals surface area (Å²) in [6.45, 7) is 7.29. The summed E-state index contributed by atoms with van der Waals surface area (Å²) >= 11 is 3.40. The van der Waals surface area contributed by atoms with Crippen LogP contribution in [0.15, 0.2) is 40.9 Å². The van der Waals surface area contributed by atoms with Crippen LogP contribution in [0.4, 0.5) is 0 Å². The number of benzene rings is 2. The van der Waals surface area contributed by atoms with Crippen molar-refractivity contribution in [2.75, 3.05) is 6.61 Å². The number of amides is 2. The quantitative estimate of drug-likeness (QED) is 0.683. The molecule has 2 aromatic rings. The van der Waals surface area contributed by atoms with Crippen molar-refractivity contribution in [3.8, 4) is 11.5 Å². The lowest BCUT2D eigenvalue weighted by atomic mass is 10.1. The molecule has 1 atom stereocenters. The first-order valence-electron chi connectivity index (χ1n) is 8.48. The Morgan fingerprint density at radius 3 is 2.30 bits per heavy atom. The lowest BCUT2D eigenvalue weighted by Gasteiger charge is -2.16. The highest BCUT2D eigenvalue weighted by molar-refractivity contribution is 9.10. The third-order valence-electron chi connectivity index (χ3n) is 3.98. The van der Waals surface area contributed by atoms with Crippen LogP contribution in [0.3, 0.4) is 0 Å². The maximum Gasteiger partial charge on any atom is 0.279 e. The van der Waals surface area contributed by atoms with Gasteiger partial charge in [-0.2, -0.15) is 0 Å². The van der Waals surface area contributed by atoms with E-state index in [2.05, 4.69) is 26.8 Å². The molecule has 0 aliphatic carbocycles. The van der Waals surface area contributed by atoms with Gasteiger partial charge in [0, 0.05) is 4.47 Å². The summed E-state index contributed by atoms with van der Waals surface area (Å²) in [6.07, 6.45) is -0.762. The molecule has 0 fully saturated rings. The van der Waals surface area contributed by atoms with Crippen LogP contribution in [0, 0.1) is 20.8 Å². The van der Waals surface area contributed by atoms with Crippen LogP contribution in [0.25, 0.3) is 0 Å². The van der Waals surface area contributed by atoms with E-state index in [4.69, 9.17) is 9.47 Å². The van der Waals surface area contributed by atoms with E-state index in [0.29, 0.717) is 11.5 Å². The molecule has 0 bridgehead atoms. The van der Waals surface area contributed by atoms with Crippen molar-refractivity contribution in [1.82, 2.24) is 10.9 Å². The SMILES string of the molecule is Cc1ccc(OC(C)C(=O)NNC(=O)COc2ccc(Br)c(C)c2)cc1C. The first-order valence-corrected chi connectivity index (χ1v) is 9.27. The highest BCUT2D eigenvalue weighted by Gasteiger charge is 2.16. The second-order valence-corrected chi connectivity index (χ2v) is 7.10. The van der Waals surface area contributed by atoms with E-state index >= 15 is 0 Å². The first kappa shape index (κ1) is 20.8. The number of carbonyl (C=O) groups is 2. The Morgan fingerprint density at radius 2 is 1.63 bits per heavy atom. The van der Waals surface area contributed by atoms with Crippen molar-refractivity contribution < 1.29 is 19.1 Å². The van der Waals surface area contributed by atoms with Gasteiger partial charge in [0.1, 0.15) is 11.5 Å². The summed E-state index contributed by atoms with van der Waals surface area (Å²) in [4.78, 5) is 23.9. The molecule has 0 saturated heterocycles. The highest BCUT2D eigenvalue weighted by atomic mass is 79.9. The van der Waals surface area contributed by atoms with E-state index in [1.807, 2.05) is 45.0 Å². The van der Waals surface area contributed by atoms with Crippen LogP contribution >= 0.6 is 15.9 Å².